The minimum absolute atomic E-state index is 0.584. The van der Waals surface area contributed by atoms with Gasteiger partial charge in [-0.2, -0.15) is 0 Å². The molecule has 0 fully saturated rings. The summed E-state index contributed by atoms with van der Waals surface area (Å²) in [4.78, 5) is 0. The van der Waals surface area contributed by atoms with Gasteiger partial charge in [0.25, 0.3) is 0 Å². The minimum atomic E-state index is -0.806. The summed E-state index contributed by atoms with van der Waals surface area (Å²) in [7, 11) is 0.618. The number of aliphatic hydroxyl groups is 2. The van der Waals surface area contributed by atoms with Crippen molar-refractivity contribution in [2.75, 3.05) is 0 Å². The van der Waals surface area contributed by atoms with Crippen LogP contribution in [0.1, 0.15) is 13.8 Å². The summed E-state index contributed by atoms with van der Waals surface area (Å²) in [6.45, 7) is 3.22. The maximum Gasteiger partial charge on any atom is 0.0755 e. The van der Waals surface area contributed by atoms with Crippen molar-refractivity contribution in [3.8, 4) is 0 Å². The lowest BCUT2D eigenvalue weighted by Gasteiger charge is -2.19. The van der Waals surface area contributed by atoms with E-state index in [9.17, 15) is 0 Å². The molecule has 0 bridgehead atoms. The van der Waals surface area contributed by atoms with Gasteiger partial charge in [-0.1, -0.05) is 0 Å². The summed E-state index contributed by atoms with van der Waals surface area (Å²) < 4.78 is 0. The minimum Gasteiger partial charge on any atom is -0.392 e. The third kappa shape index (κ3) is 2.79. The fourth-order valence-electron chi connectivity index (χ4n) is 0. The van der Waals surface area contributed by atoms with Crippen molar-refractivity contribution in [1.82, 2.24) is 0 Å². The summed E-state index contributed by atoms with van der Waals surface area (Å²) in [6.07, 6.45) is -0.584. The molecule has 0 amide bonds. The molecular formula is C4H12O2Si. The first kappa shape index (κ1) is 7.14. The van der Waals surface area contributed by atoms with E-state index in [4.69, 9.17) is 10.2 Å². The Kier molecular flexibility index (Phi) is 1.98. The highest BCUT2D eigenvalue weighted by Gasteiger charge is 2.18. The Morgan fingerprint density at radius 1 is 1.71 bits per heavy atom. The second-order valence-corrected chi connectivity index (χ2v) is 4.35. The Balaban J connectivity index is 3.54. The Bertz CT molecular complexity index is 55.2. The molecule has 0 aliphatic rings. The zero-order valence-corrected chi connectivity index (χ0v) is 6.97. The van der Waals surface area contributed by atoms with Crippen molar-refractivity contribution < 1.29 is 10.2 Å². The van der Waals surface area contributed by atoms with Crippen LogP contribution in [-0.4, -0.2) is 31.8 Å². The molecule has 2 nitrogen and oxygen atoms in total. The fraction of sp³-hybridized carbons (Fsp3) is 1.00. The maximum absolute atomic E-state index is 8.91. The lowest BCUT2D eigenvalue weighted by molar-refractivity contribution is 0.0108. The Morgan fingerprint density at radius 3 is 1.86 bits per heavy atom. The monoisotopic (exact) mass is 120 g/mol. The van der Waals surface area contributed by atoms with Crippen LogP contribution in [0.25, 0.3) is 0 Å². The van der Waals surface area contributed by atoms with E-state index in [1.54, 1.807) is 13.8 Å². The summed E-state index contributed by atoms with van der Waals surface area (Å²) in [6, 6.07) is 0. The molecule has 2 atom stereocenters. The fourth-order valence-corrected chi connectivity index (χ4v) is 0. The molecule has 3 heteroatoms. The van der Waals surface area contributed by atoms with Gasteiger partial charge in [-0.25, -0.2) is 0 Å². The van der Waals surface area contributed by atoms with Crippen LogP contribution in [0.15, 0.2) is 0 Å². The lowest BCUT2D eigenvalue weighted by atomic mass is 10.2. The summed E-state index contributed by atoms with van der Waals surface area (Å²) in [5, 5.41) is 16.8. The number of hydrogen-bond acceptors (Lipinski definition) is 2. The van der Waals surface area contributed by atoms with Gasteiger partial charge < -0.3 is 10.2 Å². The molecule has 2 N–H and O–H groups in total. The van der Waals surface area contributed by atoms with Gasteiger partial charge >= 0.3 is 0 Å². The molecule has 0 rings (SSSR count). The van der Waals surface area contributed by atoms with Gasteiger partial charge in [0.1, 0.15) is 0 Å². The molecule has 0 aromatic rings. The van der Waals surface area contributed by atoms with Gasteiger partial charge in [0.05, 0.1) is 11.3 Å². The summed E-state index contributed by atoms with van der Waals surface area (Å²) in [5.41, 5.74) is 0. The van der Waals surface area contributed by atoms with Crippen LogP contribution >= 0.6 is 0 Å². The third-order valence-electron chi connectivity index (χ3n) is 1.02. The molecule has 0 aromatic heterocycles. The van der Waals surface area contributed by atoms with E-state index in [0.717, 1.165) is 0 Å². The highest BCUT2D eigenvalue weighted by molar-refractivity contribution is 6.14. The topological polar surface area (TPSA) is 40.5 Å². The van der Waals surface area contributed by atoms with Crippen LogP contribution in [0.5, 0.6) is 0 Å². The van der Waals surface area contributed by atoms with Crippen LogP contribution in [0.3, 0.4) is 0 Å². The zero-order valence-electron chi connectivity index (χ0n) is 4.97. The van der Waals surface area contributed by atoms with Gasteiger partial charge in [-0.05, 0) is 13.8 Å². The second-order valence-electron chi connectivity index (χ2n) is 2.33. The van der Waals surface area contributed by atoms with E-state index in [0.29, 0.717) is 10.2 Å². The molecule has 7 heavy (non-hydrogen) atoms. The molecule has 44 valence electrons. The van der Waals surface area contributed by atoms with E-state index in [2.05, 4.69) is 0 Å². The molecule has 0 heterocycles. The SMILES string of the molecule is CC(O)C(C)(O)[SiH3]. The van der Waals surface area contributed by atoms with Gasteiger partial charge in [-0.3, -0.25) is 0 Å². The van der Waals surface area contributed by atoms with Gasteiger partial charge in [0.15, 0.2) is 0 Å². The van der Waals surface area contributed by atoms with Crippen molar-refractivity contribution >= 4 is 10.2 Å². The number of rotatable bonds is 1. The van der Waals surface area contributed by atoms with Gasteiger partial charge in [-0.15, -0.1) is 0 Å². The Hall–Kier alpha value is 0.137. The van der Waals surface area contributed by atoms with Crippen LogP contribution in [0.2, 0.25) is 0 Å². The Labute approximate surface area is 46.6 Å². The van der Waals surface area contributed by atoms with Crippen LogP contribution in [0.4, 0.5) is 0 Å². The average molecular weight is 120 g/mol. The first-order valence-electron chi connectivity index (χ1n) is 2.35. The quantitative estimate of drug-likeness (QED) is 0.411. The van der Waals surface area contributed by atoms with Crippen LogP contribution in [0, 0.1) is 0 Å². The van der Waals surface area contributed by atoms with Crippen molar-refractivity contribution in [3.05, 3.63) is 0 Å². The van der Waals surface area contributed by atoms with Crippen molar-refractivity contribution in [1.29, 1.82) is 0 Å². The van der Waals surface area contributed by atoms with Crippen molar-refractivity contribution in [3.63, 3.8) is 0 Å². The Morgan fingerprint density at radius 2 is 1.86 bits per heavy atom. The van der Waals surface area contributed by atoms with E-state index in [1.807, 2.05) is 0 Å². The van der Waals surface area contributed by atoms with E-state index >= 15 is 0 Å². The van der Waals surface area contributed by atoms with E-state index in [1.165, 1.54) is 0 Å². The first-order chi connectivity index (χ1) is 2.94. The molecule has 0 spiro atoms. The largest absolute Gasteiger partial charge is 0.392 e. The average Bonchev–Trinajstić information content (AvgIpc) is 1.31. The molecule has 0 saturated heterocycles. The van der Waals surface area contributed by atoms with Gasteiger partial charge in [0.2, 0.25) is 0 Å². The highest BCUT2D eigenvalue weighted by Crippen LogP contribution is 2.00. The second kappa shape index (κ2) is 1.94. The molecule has 2 unspecified atom stereocenters. The van der Waals surface area contributed by atoms with Crippen molar-refractivity contribution in [2.45, 2.75) is 25.2 Å². The molecule has 0 radical (unpaired) electrons. The maximum atomic E-state index is 8.91. The standard InChI is InChI=1S/C4H12O2Si/c1-3(5)4(2,6)7/h3,5-6H,1-2,7H3. The normalized spacial score (nSPS) is 24.0. The predicted molar refractivity (Wildman–Crippen MR) is 32.2 cm³/mol. The number of hydrogen-bond donors (Lipinski definition) is 2. The van der Waals surface area contributed by atoms with Crippen LogP contribution < -0.4 is 0 Å². The summed E-state index contributed by atoms with van der Waals surface area (Å²) >= 11 is 0. The van der Waals surface area contributed by atoms with E-state index in [-0.39, 0.29) is 0 Å². The van der Waals surface area contributed by atoms with Crippen LogP contribution in [-0.2, 0) is 0 Å². The molecule has 0 aliphatic carbocycles. The summed E-state index contributed by atoms with van der Waals surface area (Å²) in [5.74, 6) is 0. The van der Waals surface area contributed by atoms with E-state index < -0.39 is 11.3 Å². The lowest BCUT2D eigenvalue weighted by Crippen LogP contribution is -2.37. The van der Waals surface area contributed by atoms with Crippen molar-refractivity contribution in [2.24, 2.45) is 0 Å². The smallest absolute Gasteiger partial charge is 0.0755 e. The van der Waals surface area contributed by atoms with Gasteiger partial charge in [0, 0.05) is 10.2 Å². The molecule has 0 saturated carbocycles. The highest BCUT2D eigenvalue weighted by atomic mass is 28.1. The first-order valence-corrected chi connectivity index (χ1v) is 3.35. The number of aliphatic hydroxyl groups excluding tert-OH is 1. The predicted octanol–water partition coefficient (Wildman–Crippen LogP) is -1.56. The molecule has 0 aliphatic heterocycles. The zero-order chi connectivity index (χ0) is 6.08. The third-order valence-corrected chi connectivity index (χ3v) is 1.86. The molecular weight excluding hydrogens is 108 g/mol. The molecule has 0 aromatic carbocycles.